The third kappa shape index (κ3) is 6.65. The Balaban J connectivity index is 2.24. The molecule has 1 amide bonds. The smallest absolute Gasteiger partial charge is 0.269 e. The van der Waals surface area contributed by atoms with Crippen molar-refractivity contribution >= 4 is 17.3 Å². The quantitative estimate of drug-likeness (QED) is 0.348. The highest BCUT2D eigenvalue weighted by Gasteiger charge is 2.22. The first-order valence-corrected chi connectivity index (χ1v) is 7.87. The Morgan fingerprint density at radius 1 is 1.26 bits per heavy atom. The number of anilines is 1. The van der Waals surface area contributed by atoms with Gasteiger partial charge in [-0.25, -0.2) is 0 Å². The van der Waals surface area contributed by atoms with Gasteiger partial charge in [0, 0.05) is 37.3 Å². The number of nitrogens with one attached hydrogen (secondary N) is 2. The van der Waals surface area contributed by atoms with Crippen molar-refractivity contribution in [1.29, 1.82) is 0 Å². The molecule has 0 atom stereocenters. The van der Waals surface area contributed by atoms with Crippen LogP contribution < -0.4 is 10.6 Å². The summed E-state index contributed by atoms with van der Waals surface area (Å²) >= 11 is 0. The standard InChI is InChI=1S/C16H25N3O4/c1-3-16(21,4-2)12-18-15(20)6-5-11-17-13-7-9-14(10-8-13)19(22)23/h7-10,17,21H,3-6,11-12H2,1-2H3,(H,18,20). The van der Waals surface area contributed by atoms with Crippen molar-refractivity contribution in [3.8, 4) is 0 Å². The molecule has 0 spiro atoms. The molecule has 0 aliphatic carbocycles. The maximum absolute atomic E-state index is 11.7. The molecule has 1 aromatic carbocycles. The lowest BCUT2D eigenvalue weighted by Gasteiger charge is -2.25. The first kappa shape index (κ1) is 18.9. The summed E-state index contributed by atoms with van der Waals surface area (Å²) in [5.74, 6) is -0.0872. The highest BCUT2D eigenvalue weighted by molar-refractivity contribution is 5.75. The number of hydrogen-bond acceptors (Lipinski definition) is 5. The van der Waals surface area contributed by atoms with E-state index in [0.29, 0.717) is 32.2 Å². The van der Waals surface area contributed by atoms with Crippen LogP contribution >= 0.6 is 0 Å². The van der Waals surface area contributed by atoms with Gasteiger partial charge in [0.2, 0.25) is 5.91 Å². The molecule has 7 heteroatoms. The molecule has 0 aromatic heterocycles. The Hall–Kier alpha value is -2.15. The second kappa shape index (κ2) is 9.09. The van der Waals surface area contributed by atoms with E-state index in [2.05, 4.69) is 10.6 Å². The van der Waals surface area contributed by atoms with Gasteiger partial charge < -0.3 is 15.7 Å². The van der Waals surface area contributed by atoms with Crippen LogP contribution in [0.5, 0.6) is 0 Å². The van der Waals surface area contributed by atoms with E-state index in [1.165, 1.54) is 12.1 Å². The van der Waals surface area contributed by atoms with E-state index in [9.17, 15) is 20.0 Å². The van der Waals surface area contributed by atoms with Crippen LogP contribution in [0.1, 0.15) is 39.5 Å². The number of aliphatic hydroxyl groups is 1. The predicted molar refractivity (Wildman–Crippen MR) is 89.4 cm³/mol. The first-order chi connectivity index (χ1) is 10.9. The molecular formula is C16H25N3O4. The average molecular weight is 323 g/mol. The van der Waals surface area contributed by atoms with Gasteiger partial charge in [0.25, 0.3) is 5.69 Å². The Kier molecular flexibility index (Phi) is 7.47. The third-order valence-corrected chi connectivity index (χ3v) is 3.92. The van der Waals surface area contributed by atoms with E-state index in [1.807, 2.05) is 13.8 Å². The minimum atomic E-state index is -0.827. The van der Waals surface area contributed by atoms with Crippen LogP contribution in [0.15, 0.2) is 24.3 Å². The second-order valence-corrected chi connectivity index (χ2v) is 5.54. The van der Waals surface area contributed by atoms with Crippen molar-refractivity contribution in [2.24, 2.45) is 0 Å². The van der Waals surface area contributed by atoms with Crippen LogP contribution in [0.2, 0.25) is 0 Å². The number of amides is 1. The zero-order valence-electron chi connectivity index (χ0n) is 13.7. The number of nitro groups is 1. The van der Waals surface area contributed by atoms with Crippen LogP contribution in [0.25, 0.3) is 0 Å². The SMILES string of the molecule is CCC(O)(CC)CNC(=O)CCCNc1ccc([N+](=O)[O-])cc1. The summed E-state index contributed by atoms with van der Waals surface area (Å²) in [4.78, 5) is 21.8. The summed E-state index contributed by atoms with van der Waals surface area (Å²) in [6, 6.07) is 6.15. The van der Waals surface area contributed by atoms with Gasteiger partial charge in [0.05, 0.1) is 10.5 Å². The van der Waals surface area contributed by atoms with E-state index in [-0.39, 0.29) is 18.1 Å². The molecule has 7 nitrogen and oxygen atoms in total. The van der Waals surface area contributed by atoms with Gasteiger partial charge >= 0.3 is 0 Å². The molecule has 0 saturated heterocycles. The Bertz CT molecular complexity index is 513. The molecule has 0 bridgehead atoms. The molecule has 1 rings (SSSR count). The van der Waals surface area contributed by atoms with Gasteiger partial charge in [-0.05, 0) is 31.4 Å². The number of nitro benzene ring substituents is 1. The molecule has 1 aromatic rings. The number of rotatable bonds is 10. The zero-order chi connectivity index (χ0) is 17.3. The van der Waals surface area contributed by atoms with Gasteiger partial charge in [0.1, 0.15) is 0 Å². The number of nitrogens with zero attached hydrogens (tertiary/aromatic N) is 1. The van der Waals surface area contributed by atoms with E-state index < -0.39 is 10.5 Å². The summed E-state index contributed by atoms with van der Waals surface area (Å²) in [6.07, 6.45) is 2.21. The molecule has 0 saturated carbocycles. The molecule has 0 radical (unpaired) electrons. The topological polar surface area (TPSA) is 104 Å². The monoisotopic (exact) mass is 323 g/mol. The summed E-state index contributed by atoms with van der Waals surface area (Å²) in [5.41, 5.74) is 0.00348. The van der Waals surface area contributed by atoms with Crippen LogP contribution in [0.4, 0.5) is 11.4 Å². The molecule has 0 aliphatic rings. The molecule has 128 valence electrons. The van der Waals surface area contributed by atoms with E-state index in [4.69, 9.17) is 0 Å². The Labute approximate surface area is 136 Å². The van der Waals surface area contributed by atoms with Gasteiger partial charge in [0.15, 0.2) is 0 Å². The molecule has 23 heavy (non-hydrogen) atoms. The van der Waals surface area contributed by atoms with Crippen molar-refractivity contribution in [3.63, 3.8) is 0 Å². The fourth-order valence-corrected chi connectivity index (χ4v) is 2.03. The van der Waals surface area contributed by atoms with Gasteiger partial charge in [-0.1, -0.05) is 13.8 Å². The Morgan fingerprint density at radius 2 is 1.87 bits per heavy atom. The summed E-state index contributed by atoms with van der Waals surface area (Å²) in [7, 11) is 0. The largest absolute Gasteiger partial charge is 0.388 e. The highest BCUT2D eigenvalue weighted by atomic mass is 16.6. The van der Waals surface area contributed by atoms with Gasteiger partial charge in [-0.15, -0.1) is 0 Å². The Morgan fingerprint density at radius 3 is 2.39 bits per heavy atom. The minimum absolute atomic E-state index is 0.0502. The van der Waals surface area contributed by atoms with Crippen LogP contribution in [-0.2, 0) is 4.79 Å². The third-order valence-electron chi connectivity index (χ3n) is 3.92. The number of carbonyl (C=O) groups is 1. The fraction of sp³-hybridized carbons (Fsp3) is 0.562. The second-order valence-electron chi connectivity index (χ2n) is 5.54. The number of carbonyl (C=O) groups excluding carboxylic acids is 1. The fourth-order valence-electron chi connectivity index (χ4n) is 2.03. The molecule has 0 aliphatic heterocycles. The summed E-state index contributed by atoms with van der Waals surface area (Å²) in [5, 5.41) is 26.5. The highest BCUT2D eigenvalue weighted by Crippen LogP contribution is 2.15. The predicted octanol–water partition coefficient (Wildman–Crippen LogP) is 2.45. The lowest BCUT2D eigenvalue weighted by molar-refractivity contribution is -0.384. The van der Waals surface area contributed by atoms with Crippen LogP contribution in [0, 0.1) is 10.1 Å². The number of hydrogen-bond donors (Lipinski definition) is 3. The normalized spacial score (nSPS) is 11.1. The van der Waals surface area contributed by atoms with Gasteiger partial charge in [-0.2, -0.15) is 0 Å². The minimum Gasteiger partial charge on any atom is -0.388 e. The first-order valence-electron chi connectivity index (χ1n) is 7.87. The van der Waals surface area contributed by atoms with Crippen molar-refractivity contribution in [3.05, 3.63) is 34.4 Å². The lowest BCUT2D eigenvalue weighted by atomic mass is 9.97. The maximum Gasteiger partial charge on any atom is 0.269 e. The van der Waals surface area contributed by atoms with E-state index >= 15 is 0 Å². The average Bonchev–Trinajstić information content (AvgIpc) is 2.57. The van der Waals surface area contributed by atoms with Crippen molar-refractivity contribution < 1.29 is 14.8 Å². The number of non-ortho nitro benzene ring substituents is 1. The van der Waals surface area contributed by atoms with Crippen LogP contribution in [0.3, 0.4) is 0 Å². The van der Waals surface area contributed by atoms with Crippen molar-refractivity contribution in [2.45, 2.75) is 45.1 Å². The van der Waals surface area contributed by atoms with Crippen LogP contribution in [-0.4, -0.2) is 34.6 Å². The molecule has 3 N–H and O–H groups in total. The van der Waals surface area contributed by atoms with Crippen molar-refractivity contribution in [1.82, 2.24) is 5.32 Å². The van der Waals surface area contributed by atoms with E-state index in [1.54, 1.807) is 12.1 Å². The molecule has 0 fully saturated rings. The maximum atomic E-state index is 11.7. The lowest BCUT2D eigenvalue weighted by Crippen LogP contribution is -2.42. The number of benzene rings is 1. The zero-order valence-corrected chi connectivity index (χ0v) is 13.7. The molecule has 0 unspecified atom stereocenters. The summed E-state index contributed by atoms with van der Waals surface area (Å²) < 4.78 is 0. The van der Waals surface area contributed by atoms with E-state index in [0.717, 1.165) is 5.69 Å². The summed E-state index contributed by atoms with van der Waals surface area (Å²) in [6.45, 7) is 4.65. The molecule has 0 heterocycles. The van der Waals surface area contributed by atoms with Gasteiger partial charge in [-0.3, -0.25) is 14.9 Å². The van der Waals surface area contributed by atoms with Crippen molar-refractivity contribution in [2.75, 3.05) is 18.4 Å². The molecular weight excluding hydrogens is 298 g/mol.